The molecule has 0 unspecified atom stereocenters. The molecule has 4 aromatic carbocycles. The Balaban J connectivity index is 0.000000237. The molecular formula is C38H35IrN2O2Se-. The molecule has 7 aromatic rings. The SMILES string of the molecule is CC(C)(C)C(=O)/C=C(\O)C(C)(C)C.[Ir].[c-]1ccc2c3c1c1nc4ccccc4cc1[se]c1cccc(c13)n2-c1ccccc1. The molecule has 3 aromatic heterocycles. The summed E-state index contributed by atoms with van der Waals surface area (Å²) >= 11 is 0.175. The number of para-hydroxylation sites is 2. The summed E-state index contributed by atoms with van der Waals surface area (Å²) in [7, 11) is 0. The molecule has 0 spiro atoms. The van der Waals surface area contributed by atoms with Crippen molar-refractivity contribution in [2.45, 2.75) is 41.5 Å². The third kappa shape index (κ3) is 5.93. The Hall–Kier alpha value is -3.53. The van der Waals surface area contributed by atoms with Gasteiger partial charge in [-0.2, -0.15) is 0 Å². The number of aliphatic hydroxyl groups excluding tert-OH is 1. The molecule has 0 aliphatic carbocycles. The van der Waals surface area contributed by atoms with E-state index < -0.39 is 5.41 Å². The van der Waals surface area contributed by atoms with Crippen LogP contribution < -0.4 is 0 Å². The van der Waals surface area contributed by atoms with Gasteiger partial charge in [0.1, 0.15) is 5.76 Å². The average molecular weight is 823 g/mol. The van der Waals surface area contributed by atoms with E-state index in [-0.39, 0.29) is 51.6 Å². The van der Waals surface area contributed by atoms with Crippen molar-refractivity contribution in [3.8, 4) is 5.69 Å². The summed E-state index contributed by atoms with van der Waals surface area (Å²) in [6, 6.07) is 35.9. The van der Waals surface area contributed by atoms with Gasteiger partial charge in [0, 0.05) is 37.0 Å². The fourth-order valence-electron chi connectivity index (χ4n) is 5.17. The van der Waals surface area contributed by atoms with Crippen molar-refractivity contribution in [1.82, 2.24) is 9.55 Å². The van der Waals surface area contributed by atoms with Crippen LogP contribution in [0.1, 0.15) is 41.5 Å². The van der Waals surface area contributed by atoms with E-state index >= 15 is 0 Å². The molecule has 225 valence electrons. The van der Waals surface area contributed by atoms with E-state index in [9.17, 15) is 9.90 Å². The molecule has 0 aliphatic rings. The summed E-state index contributed by atoms with van der Waals surface area (Å²) in [6.45, 7) is 11.1. The fourth-order valence-corrected chi connectivity index (χ4v) is 7.53. The predicted octanol–water partition coefficient (Wildman–Crippen LogP) is 9.58. The van der Waals surface area contributed by atoms with Crippen molar-refractivity contribution in [3.63, 3.8) is 0 Å². The number of rotatable bonds is 2. The zero-order valence-electron chi connectivity index (χ0n) is 25.7. The number of carbonyl (C=O) groups is 1. The van der Waals surface area contributed by atoms with Crippen LogP contribution in [-0.4, -0.2) is 34.9 Å². The summed E-state index contributed by atoms with van der Waals surface area (Å²) in [5.41, 5.74) is 5.03. The normalized spacial score (nSPS) is 12.5. The summed E-state index contributed by atoms with van der Waals surface area (Å²) in [5.74, 6) is 0.104. The van der Waals surface area contributed by atoms with Crippen molar-refractivity contribution in [2.75, 3.05) is 0 Å². The summed E-state index contributed by atoms with van der Waals surface area (Å²) in [4.78, 5) is 16.6. The van der Waals surface area contributed by atoms with E-state index in [0.717, 1.165) is 16.4 Å². The summed E-state index contributed by atoms with van der Waals surface area (Å²) in [6.07, 6.45) is 1.33. The molecular weight excluding hydrogens is 788 g/mol. The molecule has 4 nitrogen and oxygen atoms in total. The van der Waals surface area contributed by atoms with E-state index in [4.69, 9.17) is 4.98 Å². The van der Waals surface area contributed by atoms with Crippen LogP contribution in [0, 0.1) is 16.9 Å². The zero-order valence-corrected chi connectivity index (χ0v) is 29.8. The van der Waals surface area contributed by atoms with Crippen LogP contribution in [0.2, 0.25) is 0 Å². The molecule has 7 rings (SSSR count). The molecule has 0 saturated carbocycles. The second-order valence-corrected chi connectivity index (χ2v) is 15.2. The monoisotopic (exact) mass is 824 g/mol. The number of carbonyl (C=O) groups excluding carboxylic acids is 1. The Bertz CT molecular complexity index is 2180. The molecule has 3 heterocycles. The molecule has 1 N–H and O–H groups in total. The standard InChI is InChI=1S/C27H15N2Se.C11H20O2.Ir/c1-2-9-18(10-3-1)29-21-13-6-11-19-25(21)26-22(29)14-7-15-23(26)30-24-16-17-8-4-5-12-20(17)28-27(19)24;1-10(2,3)8(12)7-9(13)11(4,5)6;/h1-10,12-16H;7,12H,1-6H3;/q-1;;/b;8-7-;. The van der Waals surface area contributed by atoms with Crippen LogP contribution in [0.15, 0.2) is 103 Å². The number of hydrogen-bond donors (Lipinski definition) is 1. The topological polar surface area (TPSA) is 55.1 Å². The third-order valence-corrected chi connectivity index (χ3v) is 9.94. The van der Waals surface area contributed by atoms with Gasteiger partial charge in [0.25, 0.3) is 0 Å². The van der Waals surface area contributed by atoms with E-state index in [2.05, 4.69) is 102 Å². The number of fused-ring (bicyclic) bond motifs is 3. The number of aliphatic hydroxyl groups is 1. The van der Waals surface area contributed by atoms with Crippen LogP contribution in [-0.2, 0) is 24.9 Å². The van der Waals surface area contributed by atoms with Gasteiger partial charge < -0.3 is 5.11 Å². The van der Waals surface area contributed by atoms with Gasteiger partial charge in [0.15, 0.2) is 5.78 Å². The molecule has 0 amide bonds. The average Bonchev–Trinajstić information content (AvgIpc) is 3.24. The predicted molar refractivity (Wildman–Crippen MR) is 181 cm³/mol. The summed E-state index contributed by atoms with van der Waals surface area (Å²) in [5, 5.41) is 14.5. The summed E-state index contributed by atoms with van der Waals surface area (Å²) < 4.78 is 5.13. The first-order chi connectivity index (χ1) is 20.4. The van der Waals surface area contributed by atoms with Crippen LogP contribution in [0.3, 0.4) is 0 Å². The van der Waals surface area contributed by atoms with Gasteiger partial charge in [-0.05, 0) is 0 Å². The molecule has 0 atom stereocenters. The molecule has 0 aliphatic heterocycles. The number of nitrogens with zero attached hydrogens (tertiary/aromatic N) is 2. The number of pyridine rings is 1. The van der Waals surface area contributed by atoms with Gasteiger partial charge in [-0.25, -0.2) is 0 Å². The first-order valence-electron chi connectivity index (χ1n) is 14.5. The molecule has 0 fully saturated rings. The van der Waals surface area contributed by atoms with Gasteiger partial charge in [-0.15, -0.1) is 0 Å². The number of aromatic nitrogens is 2. The molecule has 1 radical (unpaired) electrons. The molecule has 0 saturated heterocycles. The first kappa shape index (κ1) is 31.9. The van der Waals surface area contributed by atoms with Gasteiger partial charge in [-0.3, -0.25) is 4.79 Å². The van der Waals surface area contributed by atoms with Crippen LogP contribution in [0.4, 0.5) is 0 Å². The van der Waals surface area contributed by atoms with Crippen molar-refractivity contribution < 1.29 is 30.0 Å². The molecule has 0 bridgehead atoms. The second kappa shape index (κ2) is 12.1. The van der Waals surface area contributed by atoms with Crippen LogP contribution in [0.25, 0.3) is 57.8 Å². The quantitative estimate of drug-likeness (QED) is 0.0819. The molecule has 6 heteroatoms. The Labute approximate surface area is 277 Å². The number of ketones is 1. The van der Waals surface area contributed by atoms with Gasteiger partial charge in [0.05, 0.1) is 0 Å². The van der Waals surface area contributed by atoms with Gasteiger partial charge in [0.2, 0.25) is 0 Å². The van der Waals surface area contributed by atoms with Crippen molar-refractivity contribution in [1.29, 1.82) is 0 Å². The van der Waals surface area contributed by atoms with Crippen LogP contribution >= 0.6 is 0 Å². The van der Waals surface area contributed by atoms with Gasteiger partial charge >= 0.3 is 179 Å². The van der Waals surface area contributed by atoms with Crippen molar-refractivity contribution in [3.05, 3.63) is 109 Å². The third-order valence-electron chi connectivity index (χ3n) is 7.65. The minimum atomic E-state index is -0.417. The Morgan fingerprint density at radius 1 is 0.818 bits per heavy atom. The van der Waals surface area contributed by atoms with Crippen LogP contribution in [0.5, 0.6) is 0 Å². The van der Waals surface area contributed by atoms with Crippen molar-refractivity contribution in [2.24, 2.45) is 10.8 Å². The van der Waals surface area contributed by atoms with Gasteiger partial charge in [-0.1, -0.05) is 41.5 Å². The Morgan fingerprint density at radius 2 is 1.50 bits per heavy atom. The fraction of sp³-hybridized carbons (Fsp3) is 0.211. The second-order valence-electron chi connectivity index (χ2n) is 13.0. The number of allylic oxidation sites excluding steroid dienone is 2. The van der Waals surface area contributed by atoms with Crippen molar-refractivity contribution >= 4 is 72.4 Å². The van der Waals surface area contributed by atoms with E-state index in [0.29, 0.717) is 0 Å². The molecule has 44 heavy (non-hydrogen) atoms. The minimum absolute atomic E-state index is 0. The Morgan fingerprint density at radius 3 is 2.20 bits per heavy atom. The van der Waals surface area contributed by atoms with E-state index in [1.54, 1.807) is 0 Å². The first-order valence-corrected chi connectivity index (χ1v) is 16.2. The zero-order chi connectivity index (χ0) is 30.5. The van der Waals surface area contributed by atoms with E-state index in [1.807, 2.05) is 41.5 Å². The maximum absolute atomic E-state index is 11.5. The maximum atomic E-state index is 11.5. The Kier molecular flexibility index (Phi) is 8.77. The van der Waals surface area contributed by atoms with E-state index in [1.165, 1.54) is 47.5 Å². The number of hydrogen-bond acceptors (Lipinski definition) is 3. The number of benzene rings is 4.